The van der Waals surface area contributed by atoms with Gasteiger partial charge in [-0.3, -0.25) is 20.2 Å². The highest BCUT2D eigenvalue weighted by molar-refractivity contribution is 6.30. The zero-order valence-corrected chi connectivity index (χ0v) is 20.5. The Labute approximate surface area is 217 Å². The number of rotatable bonds is 4. The number of halogens is 2. The monoisotopic (exact) mass is 519 g/mol. The lowest BCUT2D eigenvalue weighted by atomic mass is 9.99. The molecule has 8 nitrogen and oxygen atoms in total. The highest BCUT2D eigenvalue weighted by Crippen LogP contribution is 2.37. The number of nitrogens with one attached hydrogen (secondary N) is 1. The van der Waals surface area contributed by atoms with E-state index in [4.69, 9.17) is 21.1 Å². The van der Waals surface area contributed by atoms with Crippen molar-refractivity contribution in [3.05, 3.63) is 77.5 Å². The molecule has 1 saturated heterocycles. The lowest BCUT2D eigenvalue weighted by Gasteiger charge is -2.33. The predicted octanol–water partition coefficient (Wildman–Crippen LogP) is 4.47. The second kappa shape index (κ2) is 9.84. The second-order valence-corrected chi connectivity index (χ2v) is 9.16. The van der Waals surface area contributed by atoms with E-state index in [-0.39, 0.29) is 11.5 Å². The molecule has 0 unspecified atom stereocenters. The predicted molar refractivity (Wildman–Crippen MR) is 140 cm³/mol. The highest BCUT2D eigenvalue weighted by atomic mass is 35.5. The molecule has 0 radical (unpaired) electrons. The van der Waals surface area contributed by atoms with Gasteiger partial charge in [-0.15, -0.1) is 0 Å². The molecule has 1 N–H and O–H groups in total. The van der Waals surface area contributed by atoms with Crippen LogP contribution in [0.2, 0.25) is 5.02 Å². The summed E-state index contributed by atoms with van der Waals surface area (Å²) >= 11 is 6.13. The van der Waals surface area contributed by atoms with E-state index in [1.807, 2.05) is 36.4 Å². The lowest BCUT2D eigenvalue weighted by Crippen LogP contribution is -2.47. The van der Waals surface area contributed by atoms with Crippen LogP contribution in [0, 0.1) is 5.95 Å². The third-order valence-corrected chi connectivity index (χ3v) is 6.71. The summed E-state index contributed by atoms with van der Waals surface area (Å²) in [6, 6.07) is 14.6. The lowest BCUT2D eigenvalue weighted by molar-refractivity contribution is 0.0943. The van der Waals surface area contributed by atoms with Gasteiger partial charge in [0.05, 0.1) is 47.2 Å². The minimum atomic E-state index is -0.639. The molecule has 10 heteroatoms. The Balaban J connectivity index is 1.46. The van der Waals surface area contributed by atoms with Crippen molar-refractivity contribution < 1.29 is 18.7 Å². The summed E-state index contributed by atoms with van der Waals surface area (Å²) in [5.41, 5.74) is 6.31. The molecule has 188 valence electrons. The number of nitrogens with zero attached hydrogens (tertiary/aromatic N) is 4. The number of carbonyl (C=O) groups is 1. The first-order valence-electron chi connectivity index (χ1n) is 12.0. The number of anilines is 2. The van der Waals surface area contributed by atoms with E-state index in [0.29, 0.717) is 66.9 Å². The molecular weight excluding hydrogens is 497 g/mol. The number of morpholine rings is 1. The fourth-order valence-corrected chi connectivity index (χ4v) is 4.96. The number of benzene rings is 2. The van der Waals surface area contributed by atoms with Crippen LogP contribution in [0.25, 0.3) is 22.0 Å². The molecule has 6 rings (SSSR count). The number of para-hydroxylation sites is 3. The molecule has 0 spiro atoms. The number of ether oxygens (including phenoxy) is 2. The zero-order valence-electron chi connectivity index (χ0n) is 19.8. The summed E-state index contributed by atoms with van der Waals surface area (Å²) in [5, 5.41) is 2.84. The van der Waals surface area contributed by atoms with Crippen LogP contribution in [0.4, 0.5) is 15.8 Å². The summed E-state index contributed by atoms with van der Waals surface area (Å²) < 4.78 is 26.0. The smallest absolute Gasteiger partial charge is 0.273 e. The molecule has 1 fully saturated rings. The molecule has 2 aliphatic rings. The Morgan fingerprint density at radius 1 is 0.973 bits per heavy atom. The molecule has 2 aromatic carbocycles. The SMILES string of the molecule is O=C(NN1CCOc2ccccc21)c1cnc2c(-c3cc(Cl)cnc3F)cccc2c1N1CCOCC1. The van der Waals surface area contributed by atoms with Gasteiger partial charge in [0.25, 0.3) is 5.91 Å². The molecule has 0 aliphatic carbocycles. The Bertz CT molecular complexity index is 1490. The fourth-order valence-electron chi connectivity index (χ4n) is 4.80. The molecular formula is C27H23ClFN5O3. The van der Waals surface area contributed by atoms with Crippen LogP contribution in [0.3, 0.4) is 0 Å². The van der Waals surface area contributed by atoms with Gasteiger partial charge in [-0.1, -0.05) is 41.9 Å². The van der Waals surface area contributed by atoms with Crippen molar-refractivity contribution in [1.29, 1.82) is 0 Å². The van der Waals surface area contributed by atoms with Crippen molar-refractivity contribution in [3.8, 4) is 16.9 Å². The van der Waals surface area contributed by atoms with Crippen LogP contribution >= 0.6 is 11.6 Å². The zero-order chi connectivity index (χ0) is 25.4. The molecule has 37 heavy (non-hydrogen) atoms. The summed E-state index contributed by atoms with van der Waals surface area (Å²) in [6.45, 7) is 3.24. The van der Waals surface area contributed by atoms with Gasteiger partial charge in [-0.2, -0.15) is 4.39 Å². The van der Waals surface area contributed by atoms with E-state index in [1.165, 1.54) is 12.3 Å². The summed E-state index contributed by atoms with van der Waals surface area (Å²) in [4.78, 5) is 24.2. The van der Waals surface area contributed by atoms with Crippen LogP contribution < -0.4 is 20.1 Å². The summed E-state index contributed by atoms with van der Waals surface area (Å²) in [5.74, 6) is -0.228. The van der Waals surface area contributed by atoms with Gasteiger partial charge in [0.15, 0.2) is 0 Å². The number of fused-ring (bicyclic) bond motifs is 2. The minimum absolute atomic E-state index is 0.251. The van der Waals surface area contributed by atoms with Gasteiger partial charge >= 0.3 is 0 Å². The van der Waals surface area contributed by atoms with Crippen molar-refractivity contribution in [3.63, 3.8) is 0 Å². The van der Waals surface area contributed by atoms with Gasteiger partial charge in [0.2, 0.25) is 5.95 Å². The first-order chi connectivity index (χ1) is 18.1. The molecule has 0 atom stereocenters. The Kier molecular flexibility index (Phi) is 6.23. The molecule has 2 aromatic heterocycles. The van der Waals surface area contributed by atoms with Crippen molar-refractivity contribution in [2.24, 2.45) is 0 Å². The number of aromatic nitrogens is 2. The minimum Gasteiger partial charge on any atom is -0.489 e. The third kappa shape index (κ3) is 4.41. The number of carbonyl (C=O) groups excluding carboxylic acids is 1. The average Bonchev–Trinajstić information content (AvgIpc) is 2.94. The van der Waals surface area contributed by atoms with Crippen molar-refractivity contribution >= 4 is 39.8 Å². The van der Waals surface area contributed by atoms with E-state index in [1.54, 1.807) is 17.3 Å². The van der Waals surface area contributed by atoms with Crippen LogP contribution in [0.5, 0.6) is 5.75 Å². The van der Waals surface area contributed by atoms with Gasteiger partial charge in [-0.25, -0.2) is 4.98 Å². The van der Waals surface area contributed by atoms with Crippen molar-refractivity contribution in [2.45, 2.75) is 0 Å². The normalized spacial score (nSPS) is 15.3. The largest absolute Gasteiger partial charge is 0.489 e. The highest BCUT2D eigenvalue weighted by Gasteiger charge is 2.26. The fraction of sp³-hybridized carbons (Fsp3) is 0.222. The Hall–Kier alpha value is -3.95. The van der Waals surface area contributed by atoms with Crippen molar-refractivity contribution in [2.75, 3.05) is 49.4 Å². The standard InChI is InChI=1S/C27H23ClFN5O3/c28-17-14-20(26(29)31-15-17)18-4-3-5-19-24(18)30-16-21(25(19)33-8-11-36-12-9-33)27(35)32-34-10-13-37-23-7-2-1-6-22(23)34/h1-7,14-16H,8-13H2,(H,32,35). The van der Waals surface area contributed by atoms with Crippen LogP contribution in [-0.4, -0.2) is 55.3 Å². The maximum absolute atomic E-state index is 14.7. The number of pyridine rings is 2. The third-order valence-electron chi connectivity index (χ3n) is 6.50. The van der Waals surface area contributed by atoms with Gasteiger partial charge in [-0.05, 0) is 18.2 Å². The van der Waals surface area contributed by atoms with Crippen LogP contribution in [-0.2, 0) is 4.74 Å². The van der Waals surface area contributed by atoms with Crippen LogP contribution in [0.1, 0.15) is 10.4 Å². The van der Waals surface area contributed by atoms with E-state index in [2.05, 4.69) is 20.3 Å². The maximum Gasteiger partial charge on any atom is 0.273 e. The maximum atomic E-state index is 14.7. The number of amides is 1. The molecule has 0 saturated carbocycles. The summed E-state index contributed by atoms with van der Waals surface area (Å²) in [7, 11) is 0. The number of hydrogen-bond donors (Lipinski definition) is 1. The van der Waals surface area contributed by atoms with E-state index in [9.17, 15) is 9.18 Å². The van der Waals surface area contributed by atoms with Crippen LogP contribution in [0.15, 0.2) is 60.9 Å². The summed E-state index contributed by atoms with van der Waals surface area (Å²) in [6.07, 6.45) is 2.82. The topological polar surface area (TPSA) is 79.8 Å². The van der Waals surface area contributed by atoms with Gasteiger partial charge < -0.3 is 14.4 Å². The van der Waals surface area contributed by atoms with E-state index >= 15 is 0 Å². The Morgan fingerprint density at radius 3 is 2.68 bits per heavy atom. The van der Waals surface area contributed by atoms with E-state index in [0.717, 1.165) is 16.8 Å². The number of hydrazine groups is 1. The Morgan fingerprint density at radius 2 is 1.81 bits per heavy atom. The van der Waals surface area contributed by atoms with Gasteiger partial charge in [0.1, 0.15) is 12.4 Å². The van der Waals surface area contributed by atoms with Gasteiger partial charge in [0, 0.05) is 42.0 Å². The number of hydrogen-bond acceptors (Lipinski definition) is 7. The average molecular weight is 520 g/mol. The first-order valence-corrected chi connectivity index (χ1v) is 12.3. The molecule has 1 amide bonds. The molecule has 0 bridgehead atoms. The van der Waals surface area contributed by atoms with Crippen molar-refractivity contribution in [1.82, 2.24) is 15.4 Å². The quantitative estimate of drug-likeness (QED) is 0.398. The molecule has 4 aromatic rings. The first kappa shape index (κ1) is 23.4. The second-order valence-electron chi connectivity index (χ2n) is 8.72. The molecule has 4 heterocycles. The van der Waals surface area contributed by atoms with E-state index < -0.39 is 5.95 Å². The molecule has 2 aliphatic heterocycles.